The number of allylic oxidation sites excluding steroid dienone is 4. The molecule has 5 heterocycles. The third-order valence-corrected chi connectivity index (χ3v) is 7.62. The van der Waals surface area contributed by atoms with E-state index in [2.05, 4.69) is 75.6 Å². The second kappa shape index (κ2) is 13.1. The zero-order chi connectivity index (χ0) is 32.0. The van der Waals surface area contributed by atoms with E-state index >= 15 is 0 Å². The Balaban J connectivity index is 1.63. The maximum absolute atomic E-state index is 8.58. The first-order valence-electron chi connectivity index (χ1n) is 14.3. The van der Waals surface area contributed by atoms with E-state index in [4.69, 9.17) is 5.41 Å². The van der Waals surface area contributed by atoms with Gasteiger partial charge in [0.15, 0.2) is 17.5 Å². The highest BCUT2D eigenvalue weighted by molar-refractivity contribution is 6.14. The number of aromatic nitrogens is 11. The molecule has 5 aromatic heterocycles. The minimum Gasteiger partial charge on any atom is -0.308 e. The summed E-state index contributed by atoms with van der Waals surface area (Å²) in [6.45, 7) is 8.15. The predicted octanol–water partition coefficient (Wildman–Crippen LogP) is 5.76. The summed E-state index contributed by atoms with van der Waals surface area (Å²) in [6, 6.07) is 4.05. The zero-order valence-corrected chi connectivity index (χ0v) is 25.6. The minimum absolute atomic E-state index is 0.517. The van der Waals surface area contributed by atoms with Gasteiger partial charge in [0.25, 0.3) is 0 Å². The van der Waals surface area contributed by atoms with E-state index in [0.717, 1.165) is 61.2 Å². The molecule has 0 aliphatic rings. The first kappa shape index (κ1) is 29.8. The molecule has 0 aliphatic carbocycles. The van der Waals surface area contributed by atoms with Crippen molar-refractivity contribution in [3.63, 3.8) is 0 Å². The Kier molecular flexibility index (Phi) is 8.50. The highest BCUT2D eigenvalue weighted by Gasteiger charge is 2.23. The summed E-state index contributed by atoms with van der Waals surface area (Å²) in [4.78, 5) is 47.0. The molecule has 6 aromatic rings. The zero-order valence-electron chi connectivity index (χ0n) is 25.6. The van der Waals surface area contributed by atoms with Crippen LogP contribution in [0.3, 0.4) is 0 Å². The van der Waals surface area contributed by atoms with Crippen molar-refractivity contribution in [3.05, 3.63) is 115 Å². The molecule has 224 valence electrons. The minimum atomic E-state index is 0.517. The average molecular weight is 605 g/mol. The van der Waals surface area contributed by atoms with Crippen molar-refractivity contribution in [1.82, 2.24) is 54.8 Å². The third-order valence-electron chi connectivity index (χ3n) is 7.62. The van der Waals surface area contributed by atoms with E-state index in [1.807, 2.05) is 43.6 Å². The van der Waals surface area contributed by atoms with Gasteiger partial charge in [-0.2, -0.15) is 0 Å². The monoisotopic (exact) mass is 604 g/mol. The van der Waals surface area contributed by atoms with Gasteiger partial charge in [-0.05, 0) is 79.3 Å². The summed E-state index contributed by atoms with van der Waals surface area (Å²) in [5.74, 6) is 1.57. The molecule has 0 saturated heterocycles. The normalized spacial score (nSPS) is 11.8. The molecule has 12 heteroatoms. The average Bonchev–Trinajstić information content (AvgIpc) is 3.11. The lowest BCUT2D eigenvalue weighted by atomic mass is 9.80. The summed E-state index contributed by atoms with van der Waals surface area (Å²) in [5, 5.41) is 8.58. The number of hydrogen-bond acceptors (Lipinski definition) is 12. The Morgan fingerprint density at radius 1 is 0.543 bits per heavy atom. The second-order valence-electron chi connectivity index (χ2n) is 10.3. The van der Waals surface area contributed by atoms with Gasteiger partial charge < -0.3 is 5.41 Å². The van der Waals surface area contributed by atoms with Crippen molar-refractivity contribution in [1.29, 1.82) is 5.41 Å². The summed E-state index contributed by atoms with van der Waals surface area (Å²) in [6.07, 6.45) is 21.1. The van der Waals surface area contributed by atoms with Crippen LogP contribution in [0, 0.1) is 26.2 Å². The van der Waals surface area contributed by atoms with Crippen LogP contribution in [0.15, 0.2) is 87.0 Å². The highest BCUT2D eigenvalue weighted by atomic mass is 15.0. The van der Waals surface area contributed by atoms with E-state index in [0.29, 0.717) is 23.0 Å². The Bertz CT molecular complexity index is 1980. The molecule has 0 amide bonds. The van der Waals surface area contributed by atoms with Gasteiger partial charge in [-0.15, -0.1) is 0 Å². The molecule has 0 radical (unpaired) electrons. The molecule has 0 atom stereocenters. The van der Waals surface area contributed by atoms with Crippen LogP contribution in [0.2, 0.25) is 0 Å². The molecule has 1 N–H and O–H groups in total. The Labute approximate surface area is 265 Å². The van der Waals surface area contributed by atoms with Crippen LogP contribution in [-0.2, 0) is 0 Å². The van der Waals surface area contributed by atoms with Gasteiger partial charge in [0.1, 0.15) is 38.0 Å². The molecular weight excluding hydrogens is 576 g/mol. The molecule has 46 heavy (non-hydrogen) atoms. The van der Waals surface area contributed by atoms with Crippen molar-refractivity contribution in [2.24, 2.45) is 0 Å². The van der Waals surface area contributed by atoms with Crippen LogP contribution in [0.25, 0.3) is 56.2 Å². The van der Waals surface area contributed by atoms with E-state index in [9.17, 15) is 0 Å². The lowest BCUT2D eigenvalue weighted by Gasteiger charge is -2.24. The molecule has 1 aromatic carbocycles. The van der Waals surface area contributed by atoms with Crippen molar-refractivity contribution >= 4 is 17.4 Å². The number of rotatable bonds is 8. The second-order valence-corrected chi connectivity index (χ2v) is 10.3. The van der Waals surface area contributed by atoms with Gasteiger partial charge in [-0.1, -0.05) is 6.08 Å². The summed E-state index contributed by atoms with van der Waals surface area (Å²) in [7, 11) is 0. The maximum Gasteiger partial charge on any atom is 0.164 e. The molecule has 0 bridgehead atoms. The van der Waals surface area contributed by atoms with Gasteiger partial charge >= 0.3 is 0 Å². The van der Waals surface area contributed by atoms with E-state index in [1.165, 1.54) is 44.2 Å². The first-order valence-corrected chi connectivity index (χ1v) is 14.3. The highest BCUT2D eigenvalue weighted by Crippen LogP contribution is 2.43. The lowest BCUT2D eigenvalue weighted by Crippen LogP contribution is -2.05. The molecule has 12 nitrogen and oxygen atoms in total. The Hall–Kier alpha value is -6.30. The first-order chi connectivity index (χ1) is 22.5. The number of nitrogens with zero attached hydrogens (tertiary/aromatic N) is 11. The molecule has 6 rings (SSSR count). The number of pyridine rings is 2. The quantitative estimate of drug-likeness (QED) is 0.166. The maximum atomic E-state index is 8.58. The van der Waals surface area contributed by atoms with Gasteiger partial charge in [0.05, 0.1) is 0 Å². The van der Waals surface area contributed by atoms with Gasteiger partial charge in [0, 0.05) is 64.4 Å². The van der Waals surface area contributed by atoms with E-state index < -0.39 is 0 Å². The van der Waals surface area contributed by atoms with Crippen LogP contribution in [0.5, 0.6) is 0 Å². The van der Waals surface area contributed by atoms with Gasteiger partial charge in [-0.3, -0.25) is 9.97 Å². The van der Waals surface area contributed by atoms with Crippen LogP contribution in [0.4, 0.5) is 0 Å². The van der Waals surface area contributed by atoms with Crippen LogP contribution in [-0.4, -0.2) is 61.0 Å². The fourth-order valence-electron chi connectivity index (χ4n) is 5.71. The number of benzene rings is 1. The molecule has 0 unspecified atom stereocenters. The fourth-order valence-corrected chi connectivity index (χ4v) is 5.71. The molecule has 0 fully saturated rings. The largest absolute Gasteiger partial charge is 0.308 e. The topological polar surface area (TPSA) is 166 Å². The molecule has 0 saturated carbocycles. The molecule has 0 spiro atoms. The van der Waals surface area contributed by atoms with Crippen molar-refractivity contribution < 1.29 is 0 Å². The molecular formula is C34H28N12. The van der Waals surface area contributed by atoms with Crippen molar-refractivity contribution in [3.8, 4) is 45.0 Å². The summed E-state index contributed by atoms with van der Waals surface area (Å²) >= 11 is 0. The number of hydrogen-bond donors (Lipinski definition) is 1. The number of nitrogens with one attached hydrogen (secondary N) is 1. The van der Waals surface area contributed by atoms with E-state index in [-0.39, 0.29) is 0 Å². The summed E-state index contributed by atoms with van der Waals surface area (Å²) in [5.41, 5.74) is 10.6. The smallest absolute Gasteiger partial charge is 0.164 e. The summed E-state index contributed by atoms with van der Waals surface area (Å²) < 4.78 is 0. The molecule has 0 aliphatic heterocycles. The fraction of sp³-hybridized carbons (Fsp3) is 0.118. The SMILES string of the molecule is C/C=C(\C=C(/C=N)c1c(C)c(-c2cncc(-c3ncncn3)c2)c(C)c(-c2cncc(-c3ncncn3)c2)c1C)c1ncncn1. The third kappa shape index (κ3) is 5.78. The van der Waals surface area contributed by atoms with Gasteiger partial charge in [-0.25, -0.2) is 44.9 Å². The van der Waals surface area contributed by atoms with Crippen LogP contribution >= 0.6 is 0 Å². The Morgan fingerprint density at radius 2 is 0.978 bits per heavy atom. The van der Waals surface area contributed by atoms with Gasteiger partial charge in [0.2, 0.25) is 0 Å². The Morgan fingerprint density at radius 3 is 1.41 bits per heavy atom. The lowest BCUT2D eigenvalue weighted by molar-refractivity contribution is 1.02. The van der Waals surface area contributed by atoms with E-state index in [1.54, 1.807) is 12.4 Å². The van der Waals surface area contributed by atoms with Crippen molar-refractivity contribution in [2.45, 2.75) is 27.7 Å². The van der Waals surface area contributed by atoms with Crippen LogP contribution < -0.4 is 0 Å². The predicted molar refractivity (Wildman–Crippen MR) is 175 cm³/mol. The van der Waals surface area contributed by atoms with Crippen LogP contribution in [0.1, 0.15) is 35.0 Å². The van der Waals surface area contributed by atoms with Crippen molar-refractivity contribution in [2.75, 3.05) is 0 Å². The standard InChI is InChI=1S/C34H28N12/c1-5-23(32-41-14-38-15-42-32)6-24(9-35)29-20(2)30(25-7-27(12-36-10-25)33-43-16-39-17-44-33)22(4)31(21(29)3)26-8-28(13-37-11-26)34-45-18-40-19-46-34/h5-19,35H,1-4H3/b23-5+,24-6+,35-9?.